The molecule has 0 amide bonds. The second-order valence-corrected chi connectivity index (χ2v) is 4.57. The number of aromatic nitrogens is 2. The van der Waals surface area contributed by atoms with Gasteiger partial charge in [-0.1, -0.05) is 15.9 Å². The molecule has 16 heavy (non-hydrogen) atoms. The summed E-state index contributed by atoms with van der Waals surface area (Å²) >= 11 is 3.79. The van der Waals surface area contributed by atoms with Crippen LogP contribution >= 0.6 is 27.7 Å². The molecule has 0 aliphatic rings. The van der Waals surface area contributed by atoms with Crippen LogP contribution < -0.4 is 0 Å². The van der Waals surface area contributed by atoms with Gasteiger partial charge in [-0.05, 0) is 24.3 Å². The number of thioether (sulfide) groups is 1. The van der Waals surface area contributed by atoms with Crippen molar-refractivity contribution >= 4 is 33.0 Å². The zero-order valence-electron chi connectivity index (χ0n) is 7.75. The molecule has 1 heterocycles. The minimum atomic E-state index is -1.08. The second-order valence-electron chi connectivity index (χ2n) is 2.75. The van der Waals surface area contributed by atoms with Gasteiger partial charge in [0.25, 0.3) is 5.22 Å². The number of carboxylic acid groups (broad SMARTS) is 1. The molecule has 1 aromatic carbocycles. The Kier molecular flexibility index (Phi) is 3.25. The highest BCUT2D eigenvalue weighted by Crippen LogP contribution is 2.24. The Labute approximate surface area is 103 Å². The Morgan fingerprint density at radius 1 is 1.31 bits per heavy atom. The molecule has 5 nitrogen and oxygen atoms in total. The molecule has 2 rings (SSSR count). The number of hydrogen-bond acceptors (Lipinski definition) is 5. The summed E-state index contributed by atoms with van der Waals surface area (Å²) in [5, 5.41) is 14.8. The largest absolute Gasteiger partial charge is 0.473 e. The highest BCUT2D eigenvalue weighted by Gasteiger charge is 2.11. The van der Waals surface area contributed by atoms with E-state index in [-0.39, 0.29) is 5.22 Å². The third-order valence-corrected chi connectivity index (χ3v) is 2.72. The Morgan fingerprint density at radius 3 is 2.62 bits per heavy atom. The molecule has 7 heteroatoms. The summed E-state index contributed by atoms with van der Waals surface area (Å²) in [4.78, 5) is 10.4. The van der Waals surface area contributed by atoms with Gasteiger partial charge in [-0.15, -0.1) is 10.2 Å². The summed E-state index contributed by atoms with van der Waals surface area (Å²) in [5.41, 5.74) is 0.743. The van der Waals surface area contributed by atoms with E-state index in [1.54, 1.807) is 12.1 Å². The van der Waals surface area contributed by atoms with Crippen LogP contribution in [0.25, 0.3) is 11.5 Å². The van der Waals surface area contributed by atoms with Gasteiger partial charge in [0.1, 0.15) is 0 Å². The van der Waals surface area contributed by atoms with Crippen LogP contribution in [-0.2, 0) is 0 Å². The van der Waals surface area contributed by atoms with Crippen molar-refractivity contribution < 1.29 is 14.3 Å². The first-order valence-electron chi connectivity index (χ1n) is 4.15. The van der Waals surface area contributed by atoms with Gasteiger partial charge in [-0.3, -0.25) is 0 Å². The third-order valence-electron chi connectivity index (χ3n) is 1.67. The molecule has 82 valence electrons. The van der Waals surface area contributed by atoms with E-state index in [4.69, 9.17) is 9.52 Å². The highest BCUT2D eigenvalue weighted by atomic mass is 79.9. The molecule has 0 aliphatic carbocycles. The van der Waals surface area contributed by atoms with E-state index < -0.39 is 5.30 Å². The Bertz CT molecular complexity index is 512. The first-order chi connectivity index (χ1) is 7.65. The average Bonchev–Trinajstić information content (AvgIpc) is 2.66. The zero-order valence-corrected chi connectivity index (χ0v) is 10.2. The molecule has 0 fully saturated rings. The quantitative estimate of drug-likeness (QED) is 0.858. The van der Waals surface area contributed by atoms with Crippen molar-refractivity contribution in [2.45, 2.75) is 5.22 Å². The summed E-state index contributed by atoms with van der Waals surface area (Å²) in [7, 11) is 0. The Hall–Kier alpha value is -1.34. The van der Waals surface area contributed by atoms with Gasteiger partial charge < -0.3 is 9.52 Å². The van der Waals surface area contributed by atoms with Gasteiger partial charge in [0, 0.05) is 10.0 Å². The van der Waals surface area contributed by atoms with Gasteiger partial charge in [0.15, 0.2) is 0 Å². The van der Waals surface area contributed by atoms with E-state index in [0.717, 1.165) is 10.0 Å². The lowest BCUT2D eigenvalue weighted by atomic mass is 10.2. The molecule has 0 saturated carbocycles. The Balaban J connectivity index is 2.24. The average molecular weight is 301 g/mol. The molecule has 0 radical (unpaired) electrons. The zero-order chi connectivity index (χ0) is 11.5. The summed E-state index contributed by atoms with van der Waals surface area (Å²) < 4.78 is 6.11. The molecule has 0 atom stereocenters. The number of rotatable bonds is 2. The van der Waals surface area contributed by atoms with E-state index in [2.05, 4.69) is 26.1 Å². The van der Waals surface area contributed by atoms with Gasteiger partial charge >= 0.3 is 5.30 Å². The van der Waals surface area contributed by atoms with Crippen molar-refractivity contribution in [1.29, 1.82) is 0 Å². The van der Waals surface area contributed by atoms with Crippen molar-refractivity contribution in [1.82, 2.24) is 10.2 Å². The predicted octanol–water partition coefficient (Wildman–Crippen LogP) is 3.27. The minimum absolute atomic E-state index is 0.0189. The first kappa shape index (κ1) is 11.2. The summed E-state index contributed by atoms with van der Waals surface area (Å²) in [6.45, 7) is 0. The SMILES string of the molecule is O=C(O)Sc1nnc(-c2ccc(Br)cc2)o1. The lowest BCUT2D eigenvalue weighted by Gasteiger charge is -1.93. The maximum Gasteiger partial charge on any atom is 0.374 e. The van der Waals surface area contributed by atoms with Crippen LogP contribution in [0.1, 0.15) is 0 Å². The summed E-state index contributed by atoms with van der Waals surface area (Å²) in [5.74, 6) is 0.302. The fourth-order valence-corrected chi connectivity index (χ4v) is 1.65. The molecule has 0 bridgehead atoms. The summed E-state index contributed by atoms with van der Waals surface area (Å²) in [6.07, 6.45) is 0. The number of hydrogen-bond donors (Lipinski definition) is 1. The molecule has 0 aliphatic heterocycles. The van der Waals surface area contributed by atoms with Crippen molar-refractivity contribution in [3.63, 3.8) is 0 Å². The fourth-order valence-electron chi connectivity index (χ4n) is 1.03. The minimum Gasteiger partial charge on any atom is -0.473 e. The Morgan fingerprint density at radius 2 is 2.00 bits per heavy atom. The van der Waals surface area contributed by atoms with E-state index in [1.165, 1.54) is 0 Å². The molecule has 2 aromatic rings. The van der Waals surface area contributed by atoms with E-state index in [1.807, 2.05) is 12.1 Å². The fraction of sp³-hybridized carbons (Fsp3) is 0. The predicted molar refractivity (Wildman–Crippen MR) is 61.3 cm³/mol. The topological polar surface area (TPSA) is 76.2 Å². The normalized spacial score (nSPS) is 10.3. The van der Waals surface area contributed by atoms with Crippen LogP contribution in [0.2, 0.25) is 0 Å². The maximum absolute atomic E-state index is 10.4. The van der Waals surface area contributed by atoms with Crippen molar-refractivity contribution in [3.8, 4) is 11.5 Å². The number of halogens is 1. The van der Waals surface area contributed by atoms with Gasteiger partial charge in [-0.25, -0.2) is 4.79 Å². The van der Waals surface area contributed by atoms with Gasteiger partial charge in [-0.2, -0.15) is 0 Å². The van der Waals surface area contributed by atoms with Crippen molar-refractivity contribution in [2.75, 3.05) is 0 Å². The van der Waals surface area contributed by atoms with Gasteiger partial charge in [0.2, 0.25) is 5.89 Å². The third kappa shape index (κ3) is 2.61. The second kappa shape index (κ2) is 4.67. The number of carbonyl (C=O) groups is 1. The molecular formula is C9H5BrN2O3S. The van der Waals surface area contributed by atoms with Crippen LogP contribution in [0.5, 0.6) is 0 Å². The van der Waals surface area contributed by atoms with Crippen LogP contribution in [-0.4, -0.2) is 20.6 Å². The molecule has 1 N–H and O–H groups in total. The standard InChI is InChI=1S/C9H5BrN2O3S/c10-6-3-1-5(2-4-6)7-11-12-8(15-7)16-9(13)14/h1-4H,(H,13,14). The van der Waals surface area contributed by atoms with Crippen molar-refractivity contribution in [3.05, 3.63) is 28.7 Å². The van der Waals surface area contributed by atoms with Crippen LogP contribution in [0.15, 0.2) is 38.4 Å². The lowest BCUT2D eigenvalue weighted by Crippen LogP contribution is -1.82. The smallest absolute Gasteiger partial charge is 0.374 e. The molecular weight excluding hydrogens is 296 g/mol. The lowest BCUT2D eigenvalue weighted by molar-refractivity contribution is 0.222. The molecule has 0 unspecified atom stereocenters. The summed E-state index contributed by atoms with van der Waals surface area (Å²) in [6, 6.07) is 7.27. The highest BCUT2D eigenvalue weighted by molar-refractivity contribution is 9.10. The van der Waals surface area contributed by atoms with Crippen LogP contribution in [0.3, 0.4) is 0 Å². The number of nitrogens with zero attached hydrogens (tertiary/aromatic N) is 2. The van der Waals surface area contributed by atoms with Crippen LogP contribution in [0, 0.1) is 0 Å². The van der Waals surface area contributed by atoms with E-state index in [0.29, 0.717) is 17.7 Å². The number of benzene rings is 1. The monoisotopic (exact) mass is 300 g/mol. The van der Waals surface area contributed by atoms with Gasteiger partial charge in [0.05, 0.1) is 11.8 Å². The van der Waals surface area contributed by atoms with Crippen molar-refractivity contribution in [2.24, 2.45) is 0 Å². The molecule has 1 aromatic heterocycles. The first-order valence-corrected chi connectivity index (χ1v) is 5.76. The maximum atomic E-state index is 10.4. The van der Waals surface area contributed by atoms with Crippen LogP contribution in [0.4, 0.5) is 4.79 Å². The van der Waals surface area contributed by atoms with E-state index >= 15 is 0 Å². The molecule has 0 saturated heterocycles. The molecule has 0 spiro atoms. The van der Waals surface area contributed by atoms with E-state index in [9.17, 15) is 4.79 Å².